The van der Waals surface area contributed by atoms with Crippen LogP contribution in [0.25, 0.3) is 11.0 Å². The molecule has 0 unspecified atom stereocenters. The van der Waals surface area contributed by atoms with E-state index in [2.05, 4.69) is 15.3 Å². The molecule has 2 N–H and O–H groups in total. The number of carbonyl (C=O) groups excluding carboxylic acids is 1. The highest BCUT2D eigenvalue weighted by molar-refractivity contribution is 7.99. The van der Waals surface area contributed by atoms with Gasteiger partial charge in [0, 0.05) is 18.7 Å². The van der Waals surface area contributed by atoms with Gasteiger partial charge in [-0.15, -0.1) is 0 Å². The summed E-state index contributed by atoms with van der Waals surface area (Å²) in [6.07, 6.45) is 0. The van der Waals surface area contributed by atoms with Crippen molar-refractivity contribution in [3.63, 3.8) is 0 Å². The number of rotatable bonds is 5. The van der Waals surface area contributed by atoms with Crippen molar-refractivity contribution in [3.8, 4) is 0 Å². The number of hydrogen-bond acceptors (Lipinski definition) is 7. The van der Waals surface area contributed by atoms with E-state index in [0.717, 1.165) is 17.8 Å². The highest BCUT2D eigenvalue weighted by atomic mass is 32.2. The monoisotopic (exact) mass is 373 g/mol. The summed E-state index contributed by atoms with van der Waals surface area (Å²) in [5, 5.41) is 25.0. The van der Waals surface area contributed by atoms with Crippen LogP contribution in [-0.2, 0) is 4.79 Å². The van der Waals surface area contributed by atoms with Crippen LogP contribution in [0.5, 0.6) is 0 Å². The maximum Gasteiger partial charge on any atom is 0.290 e. The fraction of sp³-hybridized carbons (Fsp3) is 0.0667. The lowest BCUT2D eigenvalue weighted by Crippen LogP contribution is -2.05. The molecule has 0 aliphatic heterocycles. The Morgan fingerprint density at radius 1 is 1.15 bits per heavy atom. The fourth-order valence-electron chi connectivity index (χ4n) is 2.27. The summed E-state index contributed by atoms with van der Waals surface area (Å²) < 4.78 is 0. The summed E-state index contributed by atoms with van der Waals surface area (Å²) in [6.45, 7) is 1.39. The van der Waals surface area contributed by atoms with E-state index >= 15 is 0 Å². The molecule has 3 rings (SSSR count). The first-order chi connectivity index (χ1) is 12.3. The molecule has 1 amide bonds. The van der Waals surface area contributed by atoms with E-state index in [4.69, 9.17) is 0 Å². The molecule has 132 valence electrons. The molecular formula is C15H11N5O5S. The van der Waals surface area contributed by atoms with Gasteiger partial charge >= 0.3 is 0 Å². The van der Waals surface area contributed by atoms with Crippen LogP contribution in [0.1, 0.15) is 6.92 Å². The quantitative estimate of drug-likeness (QED) is 0.514. The zero-order valence-corrected chi connectivity index (χ0v) is 14.1. The number of benzene rings is 2. The normalized spacial score (nSPS) is 10.7. The van der Waals surface area contributed by atoms with Gasteiger partial charge in [-0.1, -0.05) is 0 Å². The molecule has 0 atom stereocenters. The fourth-order valence-corrected chi connectivity index (χ4v) is 3.16. The number of imidazole rings is 1. The number of nitrogens with one attached hydrogen (secondary N) is 2. The summed E-state index contributed by atoms with van der Waals surface area (Å²) in [5.41, 5.74) is 1.12. The number of anilines is 1. The van der Waals surface area contributed by atoms with Crippen molar-refractivity contribution < 1.29 is 14.6 Å². The van der Waals surface area contributed by atoms with Gasteiger partial charge in [0.2, 0.25) is 5.91 Å². The topological polar surface area (TPSA) is 144 Å². The molecule has 26 heavy (non-hydrogen) atoms. The first-order valence-corrected chi connectivity index (χ1v) is 8.03. The van der Waals surface area contributed by atoms with Crippen molar-refractivity contribution in [1.29, 1.82) is 0 Å². The molecule has 1 aromatic heterocycles. The molecule has 10 nitrogen and oxygen atoms in total. The SMILES string of the molecule is CC(=O)Nc1ccc2nc(Sc3ccc([N+](=O)[O-])cc3[N+](=O)[O-])[nH]c2c1. The molecule has 0 radical (unpaired) electrons. The second-order valence-corrected chi connectivity index (χ2v) is 6.25. The van der Waals surface area contributed by atoms with Crippen molar-refractivity contribution in [2.45, 2.75) is 17.0 Å². The van der Waals surface area contributed by atoms with Gasteiger partial charge < -0.3 is 10.3 Å². The number of non-ortho nitro benzene ring substituents is 1. The Hall–Kier alpha value is -3.47. The number of amides is 1. The number of fused-ring (bicyclic) bond motifs is 1. The van der Waals surface area contributed by atoms with Crippen LogP contribution >= 0.6 is 11.8 Å². The van der Waals surface area contributed by atoms with Crippen molar-refractivity contribution in [2.24, 2.45) is 0 Å². The maximum absolute atomic E-state index is 11.2. The molecule has 0 saturated carbocycles. The third-order valence-electron chi connectivity index (χ3n) is 3.34. The van der Waals surface area contributed by atoms with E-state index in [1.165, 1.54) is 19.1 Å². The molecule has 0 fully saturated rings. The van der Waals surface area contributed by atoms with Crippen LogP contribution < -0.4 is 5.32 Å². The molecule has 0 spiro atoms. The van der Waals surface area contributed by atoms with Crippen molar-refractivity contribution >= 4 is 45.8 Å². The standard InChI is InChI=1S/C15H11N5O5S/c1-8(21)16-9-2-4-11-12(6-9)18-15(17-11)26-14-5-3-10(19(22)23)7-13(14)20(24)25/h2-7H,1H3,(H,16,21)(H,17,18). The summed E-state index contributed by atoms with van der Waals surface area (Å²) in [6, 6.07) is 8.51. The Morgan fingerprint density at radius 3 is 2.58 bits per heavy atom. The van der Waals surface area contributed by atoms with E-state index in [1.54, 1.807) is 18.2 Å². The smallest absolute Gasteiger partial charge is 0.290 e. The Morgan fingerprint density at radius 2 is 1.92 bits per heavy atom. The van der Waals surface area contributed by atoms with Gasteiger partial charge in [0.05, 0.1) is 31.8 Å². The summed E-state index contributed by atoms with van der Waals surface area (Å²) in [4.78, 5) is 39.3. The van der Waals surface area contributed by atoms with E-state index in [0.29, 0.717) is 21.9 Å². The highest BCUT2D eigenvalue weighted by Gasteiger charge is 2.21. The lowest BCUT2D eigenvalue weighted by molar-refractivity contribution is -0.396. The van der Waals surface area contributed by atoms with Crippen molar-refractivity contribution in [2.75, 3.05) is 5.32 Å². The second kappa shape index (κ2) is 6.80. The van der Waals surface area contributed by atoms with Gasteiger partial charge in [-0.05, 0) is 36.0 Å². The minimum absolute atomic E-state index is 0.208. The second-order valence-electron chi connectivity index (χ2n) is 5.22. The van der Waals surface area contributed by atoms with E-state index in [9.17, 15) is 25.0 Å². The van der Waals surface area contributed by atoms with Crippen molar-refractivity contribution in [3.05, 3.63) is 56.6 Å². The lowest BCUT2D eigenvalue weighted by atomic mass is 10.3. The summed E-state index contributed by atoms with van der Waals surface area (Å²) in [7, 11) is 0. The molecular weight excluding hydrogens is 362 g/mol. The van der Waals surface area contributed by atoms with Crippen LogP contribution in [0.2, 0.25) is 0 Å². The van der Waals surface area contributed by atoms with Gasteiger partial charge in [-0.3, -0.25) is 25.0 Å². The molecule has 1 heterocycles. The number of nitro benzene ring substituents is 2. The molecule has 11 heteroatoms. The number of hydrogen-bond donors (Lipinski definition) is 2. The predicted molar refractivity (Wildman–Crippen MR) is 94.3 cm³/mol. The molecule has 0 aliphatic rings. The van der Waals surface area contributed by atoms with Crippen LogP contribution in [0, 0.1) is 20.2 Å². The number of nitrogens with zero attached hydrogens (tertiary/aromatic N) is 3. The van der Waals surface area contributed by atoms with Gasteiger partial charge in [0.25, 0.3) is 11.4 Å². The van der Waals surface area contributed by atoms with E-state index < -0.39 is 9.85 Å². The number of nitro groups is 2. The molecule has 2 aromatic carbocycles. The van der Waals surface area contributed by atoms with Crippen LogP contribution in [-0.4, -0.2) is 25.7 Å². The minimum Gasteiger partial charge on any atom is -0.333 e. The largest absolute Gasteiger partial charge is 0.333 e. The van der Waals surface area contributed by atoms with E-state index in [1.807, 2.05) is 0 Å². The first-order valence-electron chi connectivity index (χ1n) is 7.21. The summed E-state index contributed by atoms with van der Waals surface area (Å²) >= 11 is 0.990. The lowest BCUT2D eigenvalue weighted by Gasteiger charge is -2.00. The minimum atomic E-state index is -0.688. The summed E-state index contributed by atoms with van der Waals surface area (Å²) in [5.74, 6) is -0.208. The van der Waals surface area contributed by atoms with Crippen LogP contribution in [0.3, 0.4) is 0 Å². The van der Waals surface area contributed by atoms with Crippen LogP contribution in [0.4, 0.5) is 17.1 Å². The Labute approximate surface area is 149 Å². The Bertz CT molecular complexity index is 1050. The van der Waals surface area contributed by atoms with Crippen molar-refractivity contribution in [1.82, 2.24) is 9.97 Å². The van der Waals surface area contributed by atoms with Crippen LogP contribution in [0.15, 0.2) is 46.5 Å². The Kier molecular flexibility index (Phi) is 4.54. The van der Waals surface area contributed by atoms with E-state index in [-0.39, 0.29) is 22.2 Å². The Balaban J connectivity index is 1.94. The molecule has 0 saturated heterocycles. The number of aromatic amines is 1. The predicted octanol–water partition coefficient (Wildman–Crippen LogP) is 3.49. The first kappa shape index (κ1) is 17.4. The zero-order valence-electron chi connectivity index (χ0n) is 13.3. The number of aromatic nitrogens is 2. The number of H-pyrrole nitrogens is 1. The molecule has 3 aromatic rings. The van der Waals surface area contributed by atoms with Gasteiger partial charge in [0.1, 0.15) is 0 Å². The maximum atomic E-state index is 11.2. The molecule has 0 aliphatic carbocycles. The average Bonchev–Trinajstić information content (AvgIpc) is 2.95. The third-order valence-corrected chi connectivity index (χ3v) is 4.29. The number of carbonyl (C=O) groups is 1. The van der Waals surface area contributed by atoms with Gasteiger partial charge in [-0.2, -0.15) is 0 Å². The molecule has 0 bridgehead atoms. The van der Waals surface area contributed by atoms with Gasteiger partial charge in [0.15, 0.2) is 5.16 Å². The third kappa shape index (κ3) is 3.62. The average molecular weight is 373 g/mol. The highest BCUT2D eigenvalue weighted by Crippen LogP contribution is 2.36. The van der Waals surface area contributed by atoms with Gasteiger partial charge in [-0.25, -0.2) is 4.98 Å². The zero-order chi connectivity index (χ0) is 18.8.